The highest BCUT2D eigenvalue weighted by Gasteiger charge is 2.33. The number of carbonyl (C=O) groups is 1. The first kappa shape index (κ1) is 17.7. The SMILES string of the molecule is CCCN1C(=O)/C(=N/N=C\c2cc(OC)cc(OC)c2)c2ccccc21. The van der Waals surface area contributed by atoms with Gasteiger partial charge in [0, 0.05) is 23.7 Å². The van der Waals surface area contributed by atoms with Crippen LogP contribution in [0.25, 0.3) is 0 Å². The van der Waals surface area contributed by atoms with E-state index in [0.29, 0.717) is 23.8 Å². The second-order valence-electron chi connectivity index (χ2n) is 5.81. The van der Waals surface area contributed by atoms with E-state index in [-0.39, 0.29) is 5.91 Å². The minimum absolute atomic E-state index is 0.117. The predicted molar refractivity (Wildman–Crippen MR) is 103 cm³/mol. The lowest BCUT2D eigenvalue weighted by Crippen LogP contribution is -2.30. The van der Waals surface area contributed by atoms with Crippen LogP contribution in [-0.2, 0) is 4.79 Å². The van der Waals surface area contributed by atoms with E-state index in [1.54, 1.807) is 31.4 Å². The summed E-state index contributed by atoms with van der Waals surface area (Å²) in [6.45, 7) is 2.70. The van der Waals surface area contributed by atoms with E-state index in [9.17, 15) is 4.79 Å². The van der Waals surface area contributed by atoms with Gasteiger partial charge in [0.05, 0.1) is 26.1 Å². The minimum Gasteiger partial charge on any atom is -0.497 e. The molecule has 134 valence electrons. The van der Waals surface area contributed by atoms with Crippen LogP contribution < -0.4 is 14.4 Å². The van der Waals surface area contributed by atoms with E-state index in [4.69, 9.17) is 9.47 Å². The van der Waals surface area contributed by atoms with Gasteiger partial charge in [-0.25, -0.2) is 0 Å². The molecule has 2 aromatic rings. The van der Waals surface area contributed by atoms with E-state index in [1.165, 1.54) is 0 Å². The summed E-state index contributed by atoms with van der Waals surface area (Å²) in [5.74, 6) is 1.21. The van der Waals surface area contributed by atoms with Crippen LogP contribution in [0.5, 0.6) is 11.5 Å². The Kier molecular flexibility index (Phi) is 5.31. The first-order valence-corrected chi connectivity index (χ1v) is 8.43. The third-order valence-electron chi connectivity index (χ3n) is 4.08. The lowest BCUT2D eigenvalue weighted by Gasteiger charge is -2.14. The Morgan fingerprint density at radius 1 is 1.08 bits per heavy atom. The van der Waals surface area contributed by atoms with Crippen LogP contribution in [0.2, 0.25) is 0 Å². The Labute approximate surface area is 152 Å². The first-order chi connectivity index (χ1) is 12.7. The van der Waals surface area contributed by atoms with Crippen molar-refractivity contribution in [1.82, 2.24) is 0 Å². The number of hydrogen-bond donors (Lipinski definition) is 0. The molecule has 0 saturated carbocycles. The molecular formula is C20H21N3O3. The van der Waals surface area contributed by atoms with Gasteiger partial charge in [0.2, 0.25) is 0 Å². The van der Waals surface area contributed by atoms with Gasteiger partial charge < -0.3 is 14.4 Å². The van der Waals surface area contributed by atoms with Crippen molar-refractivity contribution in [3.05, 3.63) is 53.6 Å². The molecule has 0 aliphatic carbocycles. The van der Waals surface area contributed by atoms with Crippen molar-refractivity contribution in [3.8, 4) is 11.5 Å². The number of nitrogens with zero attached hydrogens (tertiary/aromatic N) is 3. The fourth-order valence-electron chi connectivity index (χ4n) is 2.86. The lowest BCUT2D eigenvalue weighted by molar-refractivity contribution is -0.112. The molecule has 26 heavy (non-hydrogen) atoms. The fourth-order valence-corrected chi connectivity index (χ4v) is 2.86. The van der Waals surface area contributed by atoms with E-state index in [2.05, 4.69) is 10.2 Å². The van der Waals surface area contributed by atoms with Gasteiger partial charge in [-0.05, 0) is 24.6 Å². The van der Waals surface area contributed by atoms with Crippen LogP contribution in [0.3, 0.4) is 0 Å². The molecule has 1 aliphatic heterocycles. The molecule has 0 fully saturated rings. The molecule has 0 radical (unpaired) electrons. The van der Waals surface area contributed by atoms with Crippen molar-refractivity contribution in [3.63, 3.8) is 0 Å². The van der Waals surface area contributed by atoms with Crippen LogP contribution >= 0.6 is 0 Å². The summed E-state index contributed by atoms with van der Waals surface area (Å²) < 4.78 is 10.5. The molecule has 0 N–H and O–H groups in total. The van der Waals surface area contributed by atoms with Gasteiger partial charge in [-0.15, -0.1) is 5.10 Å². The number of benzene rings is 2. The summed E-state index contributed by atoms with van der Waals surface area (Å²) in [4.78, 5) is 14.4. The summed E-state index contributed by atoms with van der Waals surface area (Å²) in [5, 5.41) is 8.32. The van der Waals surface area contributed by atoms with Gasteiger partial charge >= 0.3 is 0 Å². The number of ether oxygens (including phenoxy) is 2. The van der Waals surface area contributed by atoms with Crippen molar-refractivity contribution in [2.45, 2.75) is 13.3 Å². The third kappa shape index (κ3) is 3.44. The molecule has 0 unspecified atom stereocenters. The maximum absolute atomic E-state index is 12.7. The Bertz CT molecular complexity index is 852. The number of anilines is 1. The summed E-state index contributed by atoms with van der Waals surface area (Å²) in [5.41, 5.74) is 2.83. The molecule has 1 aliphatic rings. The zero-order valence-corrected chi connectivity index (χ0v) is 15.1. The van der Waals surface area contributed by atoms with E-state index < -0.39 is 0 Å². The van der Waals surface area contributed by atoms with Gasteiger partial charge in [-0.1, -0.05) is 25.1 Å². The first-order valence-electron chi connectivity index (χ1n) is 8.43. The van der Waals surface area contributed by atoms with E-state index in [0.717, 1.165) is 23.2 Å². The Balaban J connectivity index is 1.91. The summed E-state index contributed by atoms with van der Waals surface area (Å²) in [6, 6.07) is 13.1. The standard InChI is InChI=1S/C20H21N3O3/c1-4-9-23-18-8-6-5-7-17(18)19(20(23)24)22-21-13-14-10-15(25-2)12-16(11-14)26-3/h5-8,10-13H,4,9H2,1-3H3/b21-13-,22-19+. The van der Waals surface area contributed by atoms with Crippen LogP contribution in [-0.4, -0.2) is 38.6 Å². The maximum atomic E-state index is 12.7. The normalized spacial score (nSPS) is 15.0. The Hall–Kier alpha value is -3.15. The molecule has 0 spiro atoms. The predicted octanol–water partition coefficient (Wildman–Crippen LogP) is 3.28. The van der Waals surface area contributed by atoms with Crippen molar-refractivity contribution in [2.24, 2.45) is 10.2 Å². The quantitative estimate of drug-likeness (QED) is 0.593. The van der Waals surface area contributed by atoms with Gasteiger partial charge in [-0.3, -0.25) is 4.79 Å². The molecule has 3 rings (SSSR count). The smallest absolute Gasteiger partial charge is 0.279 e. The number of carbonyl (C=O) groups excluding carboxylic acids is 1. The van der Waals surface area contributed by atoms with Crippen molar-refractivity contribution >= 4 is 23.5 Å². The van der Waals surface area contributed by atoms with E-state index in [1.807, 2.05) is 43.3 Å². The number of fused-ring (bicyclic) bond motifs is 1. The molecule has 2 aromatic carbocycles. The molecule has 0 atom stereocenters. The molecule has 0 aromatic heterocycles. The summed E-state index contributed by atoms with van der Waals surface area (Å²) in [6.07, 6.45) is 2.46. The molecule has 1 heterocycles. The monoisotopic (exact) mass is 351 g/mol. The minimum atomic E-state index is -0.117. The zero-order chi connectivity index (χ0) is 18.5. The second kappa shape index (κ2) is 7.82. The van der Waals surface area contributed by atoms with Crippen molar-refractivity contribution in [1.29, 1.82) is 0 Å². The topological polar surface area (TPSA) is 63.5 Å². The van der Waals surface area contributed by atoms with Gasteiger partial charge in [-0.2, -0.15) is 5.10 Å². The maximum Gasteiger partial charge on any atom is 0.279 e. The van der Waals surface area contributed by atoms with Gasteiger partial charge in [0.15, 0.2) is 5.71 Å². The van der Waals surface area contributed by atoms with Crippen LogP contribution in [0.4, 0.5) is 5.69 Å². The van der Waals surface area contributed by atoms with Crippen molar-refractivity contribution < 1.29 is 14.3 Å². The highest BCUT2D eigenvalue weighted by molar-refractivity contribution is 6.54. The van der Waals surface area contributed by atoms with Crippen LogP contribution in [0.1, 0.15) is 24.5 Å². The number of hydrogen-bond acceptors (Lipinski definition) is 5. The van der Waals surface area contributed by atoms with Crippen LogP contribution in [0.15, 0.2) is 52.7 Å². The Morgan fingerprint density at radius 3 is 2.42 bits per heavy atom. The molecule has 6 nitrogen and oxygen atoms in total. The average Bonchev–Trinajstić information content (AvgIpc) is 2.94. The van der Waals surface area contributed by atoms with Crippen LogP contribution in [0, 0.1) is 0 Å². The Morgan fingerprint density at radius 2 is 1.77 bits per heavy atom. The summed E-state index contributed by atoms with van der Waals surface area (Å²) >= 11 is 0. The lowest BCUT2D eigenvalue weighted by atomic mass is 10.1. The number of rotatable bonds is 6. The largest absolute Gasteiger partial charge is 0.497 e. The fraction of sp³-hybridized carbons (Fsp3) is 0.250. The van der Waals surface area contributed by atoms with Gasteiger partial charge in [0.25, 0.3) is 5.91 Å². The van der Waals surface area contributed by atoms with E-state index >= 15 is 0 Å². The number of amides is 1. The number of methoxy groups -OCH3 is 2. The zero-order valence-electron chi connectivity index (χ0n) is 15.1. The summed E-state index contributed by atoms with van der Waals surface area (Å²) in [7, 11) is 3.18. The average molecular weight is 351 g/mol. The highest BCUT2D eigenvalue weighted by Crippen LogP contribution is 2.29. The second-order valence-corrected chi connectivity index (χ2v) is 5.81. The molecule has 0 bridgehead atoms. The molecule has 6 heteroatoms. The van der Waals surface area contributed by atoms with Gasteiger partial charge in [0.1, 0.15) is 11.5 Å². The molecule has 0 saturated heterocycles. The molecule has 1 amide bonds. The van der Waals surface area contributed by atoms with Crippen molar-refractivity contribution in [2.75, 3.05) is 25.7 Å². The molecular weight excluding hydrogens is 330 g/mol. The third-order valence-corrected chi connectivity index (χ3v) is 4.08. The highest BCUT2D eigenvalue weighted by atomic mass is 16.5. The number of para-hydroxylation sites is 1.